The van der Waals surface area contributed by atoms with Gasteiger partial charge in [-0.1, -0.05) is 13.8 Å². The summed E-state index contributed by atoms with van der Waals surface area (Å²) in [4.78, 5) is 12.3. The third kappa shape index (κ3) is 3.68. The molecule has 3 N–H and O–H groups in total. The molecular formula is C13H26N2O2. The largest absolute Gasteiger partial charge is 0.388 e. The van der Waals surface area contributed by atoms with Gasteiger partial charge in [0.05, 0.1) is 11.0 Å². The Hall–Kier alpha value is -0.610. The number of carbonyl (C=O) groups is 1. The lowest BCUT2D eigenvalue weighted by Gasteiger charge is -2.36. The van der Waals surface area contributed by atoms with Crippen molar-refractivity contribution in [3.63, 3.8) is 0 Å². The van der Waals surface area contributed by atoms with E-state index in [1.807, 2.05) is 6.92 Å². The third-order valence-corrected chi connectivity index (χ3v) is 4.11. The molecule has 0 bridgehead atoms. The lowest BCUT2D eigenvalue weighted by Crippen LogP contribution is -2.50. The van der Waals surface area contributed by atoms with E-state index in [1.54, 1.807) is 6.92 Å². The zero-order chi connectivity index (χ0) is 12.9. The van der Waals surface area contributed by atoms with Gasteiger partial charge >= 0.3 is 0 Å². The van der Waals surface area contributed by atoms with Crippen LogP contribution in [0.5, 0.6) is 0 Å². The molecule has 1 amide bonds. The number of piperidine rings is 1. The molecule has 0 aliphatic carbocycles. The van der Waals surface area contributed by atoms with Crippen LogP contribution < -0.4 is 10.6 Å². The number of nitrogens with one attached hydrogen (secondary N) is 2. The van der Waals surface area contributed by atoms with Crippen molar-refractivity contribution < 1.29 is 9.90 Å². The van der Waals surface area contributed by atoms with Crippen molar-refractivity contribution in [1.29, 1.82) is 0 Å². The minimum atomic E-state index is -0.794. The van der Waals surface area contributed by atoms with Gasteiger partial charge < -0.3 is 15.7 Å². The summed E-state index contributed by atoms with van der Waals surface area (Å²) in [5, 5.41) is 16.1. The van der Waals surface area contributed by atoms with E-state index in [1.165, 1.54) is 0 Å². The second-order valence-electron chi connectivity index (χ2n) is 5.42. The Morgan fingerprint density at radius 1 is 1.41 bits per heavy atom. The number of rotatable bonds is 5. The maximum Gasteiger partial charge on any atom is 0.226 e. The second-order valence-corrected chi connectivity index (χ2v) is 5.42. The quantitative estimate of drug-likeness (QED) is 0.675. The molecular weight excluding hydrogens is 216 g/mol. The Balaban J connectivity index is 2.55. The molecule has 0 aromatic heterocycles. The van der Waals surface area contributed by atoms with Gasteiger partial charge in [-0.05, 0) is 45.7 Å². The first-order valence-corrected chi connectivity index (χ1v) is 6.67. The summed E-state index contributed by atoms with van der Waals surface area (Å²) in [5.74, 6) is 0.107. The smallest absolute Gasteiger partial charge is 0.226 e. The topological polar surface area (TPSA) is 61.4 Å². The zero-order valence-electron chi connectivity index (χ0n) is 11.3. The van der Waals surface area contributed by atoms with E-state index in [9.17, 15) is 9.90 Å². The summed E-state index contributed by atoms with van der Waals surface area (Å²) in [5.41, 5.74) is -1.02. The van der Waals surface area contributed by atoms with Gasteiger partial charge in [-0.2, -0.15) is 0 Å². The summed E-state index contributed by atoms with van der Waals surface area (Å²) in [6, 6.07) is 0. The van der Waals surface area contributed by atoms with E-state index in [0.717, 1.165) is 32.4 Å². The van der Waals surface area contributed by atoms with Crippen molar-refractivity contribution in [3.05, 3.63) is 0 Å². The van der Waals surface area contributed by atoms with Gasteiger partial charge in [0.2, 0.25) is 5.91 Å². The van der Waals surface area contributed by atoms with Crippen LogP contribution in [0.3, 0.4) is 0 Å². The summed E-state index contributed by atoms with van der Waals surface area (Å²) in [7, 11) is 0. The average molecular weight is 242 g/mol. The Kier molecular flexibility index (Phi) is 4.95. The molecule has 4 heteroatoms. The Labute approximate surface area is 104 Å². The maximum atomic E-state index is 12.3. The van der Waals surface area contributed by atoms with Crippen LogP contribution >= 0.6 is 0 Å². The van der Waals surface area contributed by atoms with Crippen LogP contribution in [-0.4, -0.2) is 36.2 Å². The van der Waals surface area contributed by atoms with Crippen LogP contribution in [0.25, 0.3) is 0 Å². The van der Waals surface area contributed by atoms with Crippen molar-refractivity contribution in [3.8, 4) is 0 Å². The van der Waals surface area contributed by atoms with Crippen molar-refractivity contribution >= 4 is 5.91 Å². The SMILES string of the molecule is CCC(C)(O)CNC(=O)C1(CC)CCNCC1. The van der Waals surface area contributed by atoms with E-state index >= 15 is 0 Å². The highest BCUT2D eigenvalue weighted by atomic mass is 16.3. The standard InChI is InChI=1S/C13H26N2O2/c1-4-12(3,17)10-15-11(16)13(5-2)6-8-14-9-7-13/h14,17H,4-10H2,1-3H3,(H,15,16). The molecule has 0 aromatic carbocycles. The first-order valence-electron chi connectivity index (χ1n) is 6.67. The van der Waals surface area contributed by atoms with Gasteiger partial charge in [-0.15, -0.1) is 0 Å². The number of carbonyl (C=O) groups excluding carboxylic acids is 1. The number of aliphatic hydroxyl groups is 1. The molecule has 0 radical (unpaired) electrons. The first-order chi connectivity index (χ1) is 7.96. The zero-order valence-corrected chi connectivity index (χ0v) is 11.3. The average Bonchev–Trinajstić information content (AvgIpc) is 2.37. The summed E-state index contributed by atoms with van der Waals surface area (Å²) < 4.78 is 0. The molecule has 1 unspecified atom stereocenters. The van der Waals surface area contributed by atoms with Crippen LogP contribution in [0.15, 0.2) is 0 Å². The van der Waals surface area contributed by atoms with Crippen LogP contribution in [0.1, 0.15) is 46.5 Å². The third-order valence-electron chi connectivity index (χ3n) is 4.11. The Bertz CT molecular complexity index is 258. The lowest BCUT2D eigenvalue weighted by molar-refractivity contribution is -0.134. The fraction of sp³-hybridized carbons (Fsp3) is 0.923. The predicted octanol–water partition coefficient (Wildman–Crippen LogP) is 1.04. The molecule has 0 aromatic rings. The van der Waals surface area contributed by atoms with Crippen molar-refractivity contribution in [2.75, 3.05) is 19.6 Å². The summed E-state index contributed by atoms with van der Waals surface area (Å²) >= 11 is 0. The lowest BCUT2D eigenvalue weighted by atomic mass is 9.75. The fourth-order valence-electron chi connectivity index (χ4n) is 2.23. The van der Waals surface area contributed by atoms with E-state index in [2.05, 4.69) is 17.6 Å². The highest BCUT2D eigenvalue weighted by molar-refractivity contribution is 5.82. The van der Waals surface area contributed by atoms with Gasteiger partial charge in [-0.25, -0.2) is 0 Å². The molecule has 1 rings (SSSR count). The molecule has 1 atom stereocenters. The van der Waals surface area contributed by atoms with Gasteiger partial charge in [-0.3, -0.25) is 4.79 Å². The number of amides is 1. The molecule has 1 aliphatic heterocycles. The highest BCUT2D eigenvalue weighted by Crippen LogP contribution is 2.32. The maximum absolute atomic E-state index is 12.3. The molecule has 1 heterocycles. The fourth-order valence-corrected chi connectivity index (χ4v) is 2.23. The summed E-state index contributed by atoms with van der Waals surface area (Å²) in [6.45, 7) is 7.91. The molecule has 1 aliphatic rings. The monoisotopic (exact) mass is 242 g/mol. The molecule has 4 nitrogen and oxygen atoms in total. The van der Waals surface area contributed by atoms with E-state index in [-0.39, 0.29) is 11.3 Å². The molecule has 1 saturated heterocycles. The molecule has 100 valence electrons. The number of hydrogen-bond acceptors (Lipinski definition) is 3. The van der Waals surface area contributed by atoms with Crippen LogP contribution in [-0.2, 0) is 4.79 Å². The van der Waals surface area contributed by atoms with Crippen LogP contribution in [0.2, 0.25) is 0 Å². The molecule has 0 saturated carbocycles. The van der Waals surface area contributed by atoms with Gasteiger partial charge in [0.25, 0.3) is 0 Å². The minimum absolute atomic E-state index is 0.107. The first kappa shape index (κ1) is 14.5. The van der Waals surface area contributed by atoms with E-state index in [0.29, 0.717) is 13.0 Å². The van der Waals surface area contributed by atoms with Gasteiger partial charge in [0.15, 0.2) is 0 Å². The van der Waals surface area contributed by atoms with Gasteiger partial charge in [0.1, 0.15) is 0 Å². The predicted molar refractivity (Wildman–Crippen MR) is 68.8 cm³/mol. The van der Waals surface area contributed by atoms with Crippen molar-refractivity contribution in [1.82, 2.24) is 10.6 Å². The normalized spacial score (nSPS) is 22.8. The van der Waals surface area contributed by atoms with Crippen molar-refractivity contribution in [2.24, 2.45) is 5.41 Å². The van der Waals surface area contributed by atoms with E-state index < -0.39 is 5.60 Å². The molecule has 17 heavy (non-hydrogen) atoms. The second kappa shape index (κ2) is 5.83. The minimum Gasteiger partial charge on any atom is -0.388 e. The van der Waals surface area contributed by atoms with Crippen molar-refractivity contribution in [2.45, 2.75) is 52.1 Å². The van der Waals surface area contributed by atoms with Gasteiger partial charge in [0, 0.05) is 6.54 Å². The van der Waals surface area contributed by atoms with E-state index in [4.69, 9.17) is 0 Å². The Morgan fingerprint density at radius 3 is 2.47 bits per heavy atom. The number of hydrogen-bond donors (Lipinski definition) is 3. The Morgan fingerprint density at radius 2 is 2.00 bits per heavy atom. The summed E-state index contributed by atoms with van der Waals surface area (Å²) in [6.07, 6.45) is 3.30. The highest BCUT2D eigenvalue weighted by Gasteiger charge is 2.38. The van der Waals surface area contributed by atoms with Crippen LogP contribution in [0.4, 0.5) is 0 Å². The molecule has 0 spiro atoms. The van der Waals surface area contributed by atoms with Crippen LogP contribution in [0, 0.1) is 5.41 Å². The molecule has 1 fully saturated rings.